The van der Waals surface area contributed by atoms with Gasteiger partial charge in [0.05, 0.1) is 30.2 Å². The Morgan fingerprint density at radius 3 is 3.00 bits per heavy atom. The molecule has 0 spiro atoms. The SMILES string of the molecule is CCOC(=O)c1ccc(CC#N)c2[nH]c(C)nc12. The van der Waals surface area contributed by atoms with Crippen LogP contribution in [0.25, 0.3) is 11.0 Å². The molecule has 2 rings (SSSR count). The van der Waals surface area contributed by atoms with E-state index in [2.05, 4.69) is 16.0 Å². The average Bonchev–Trinajstić information content (AvgIpc) is 2.71. The van der Waals surface area contributed by atoms with Crippen LogP contribution in [-0.4, -0.2) is 22.5 Å². The normalized spacial score (nSPS) is 10.3. The lowest BCUT2D eigenvalue weighted by Gasteiger charge is -2.04. The molecule has 0 aliphatic carbocycles. The van der Waals surface area contributed by atoms with Gasteiger partial charge in [-0.15, -0.1) is 0 Å². The summed E-state index contributed by atoms with van der Waals surface area (Å²) in [5.74, 6) is 0.318. The van der Waals surface area contributed by atoms with Crippen LogP contribution >= 0.6 is 0 Å². The number of fused-ring (bicyclic) bond motifs is 1. The number of imidazole rings is 1. The van der Waals surface area contributed by atoms with Gasteiger partial charge in [0.2, 0.25) is 0 Å². The van der Waals surface area contributed by atoms with Crippen LogP contribution in [0.3, 0.4) is 0 Å². The molecule has 0 atom stereocenters. The molecule has 0 saturated heterocycles. The quantitative estimate of drug-likeness (QED) is 0.837. The fourth-order valence-electron chi connectivity index (χ4n) is 1.87. The van der Waals surface area contributed by atoms with Crippen LogP contribution in [0.2, 0.25) is 0 Å². The van der Waals surface area contributed by atoms with Gasteiger partial charge in [-0.2, -0.15) is 5.26 Å². The van der Waals surface area contributed by atoms with Crippen LogP contribution in [0.4, 0.5) is 0 Å². The Bertz CT molecular complexity index is 637. The highest BCUT2D eigenvalue weighted by atomic mass is 16.5. The molecule has 0 unspecified atom stereocenters. The molecule has 0 aliphatic rings. The highest BCUT2D eigenvalue weighted by Crippen LogP contribution is 2.22. The van der Waals surface area contributed by atoms with Gasteiger partial charge < -0.3 is 9.72 Å². The number of carbonyl (C=O) groups excluding carboxylic acids is 1. The van der Waals surface area contributed by atoms with Gasteiger partial charge in [0.15, 0.2) is 0 Å². The molecule has 5 heteroatoms. The fraction of sp³-hybridized carbons (Fsp3) is 0.308. The first kappa shape index (κ1) is 12.1. The number of esters is 1. The smallest absolute Gasteiger partial charge is 0.340 e. The average molecular weight is 243 g/mol. The number of aromatic nitrogens is 2. The molecule has 0 bridgehead atoms. The minimum atomic E-state index is -0.391. The summed E-state index contributed by atoms with van der Waals surface area (Å²) in [7, 11) is 0. The first-order valence-corrected chi connectivity index (χ1v) is 5.69. The summed E-state index contributed by atoms with van der Waals surface area (Å²) in [5, 5.41) is 8.77. The van der Waals surface area contributed by atoms with E-state index in [-0.39, 0.29) is 6.42 Å². The van der Waals surface area contributed by atoms with E-state index in [0.29, 0.717) is 23.5 Å². The van der Waals surface area contributed by atoms with Gasteiger partial charge in [0.1, 0.15) is 11.3 Å². The maximum atomic E-state index is 11.8. The number of carbonyl (C=O) groups is 1. The zero-order valence-electron chi connectivity index (χ0n) is 10.3. The van der Waals surface area contributed by atoms with Gasteiger partial charge in [-0.1, -0.05) is 6.07 Å². The van der Waals surface area contributed by atoms with Crippen LogP contribution in [0.15, 0.2) is 12.1 Å². The Hall–Kier alpha value is -2.35. The van der Waals surface area contributed by atoms with Crippen LogP contribution in [0, 0.1) is 18.3 Å². The van der Waals surface area contributed by atoms with E-state index in [9.17, 15) is 4.79 Å². The summed E-state index contributed by atoms with van der Waals surface area (Å²) < 4.78 is 4.99. The predicted molar refractivity (Wildman–Crippen MR) is 66.1 cm³/mol. The lowest BCUT2D eigenvalue weighted by atomic mass is 10.1. The summed E-state index contributed by atoms with van der Waals surface area (Å²) >= 11 is 0. The maximum Gasteiger partial charge on any atom is 0.340 e. The van der Waals surface area contributed by atoms with Crippen molar-refractivity contribution in [1.29, 1.82) is 5.26 Å². The summed E-state index contributed by atoms with van der Waals surface area (Å²) in [4.78, 5) is 19.2. The Morgan fingerprint density at radius 2 is 2.33 bits per heavy atom. The van der Waals surface area contributed by atoms with Crippen LogP contribution < -0.4 is 0 Å². The fourth-order valence-corrected chi connectivity index (χ4v) is 1.87. The molecule has 2 aromatic rings. The summed E-state index contributed by atoms with van der Waals surface area (Å²) in [6.07, 6.45) is 0.279. The van der Waals surface area contributed by atoms with Gasteiger partial charge in [-0.05, 0) is 25.5 Å². The molecule has 0 aliphatic heterocycles. The molecule has 1 heterocycles. The number of ether oxygens (including phenoxy) is 1. The molecule has 1 N–H and O–H groups in total. The molecular weight excluding hydrogens is 230 g/mol. The standard InChI is InChI=1S/C13H13N3O2/c1-3-18-13(17)10-5-4-9(6-7-14)11-12(10)16-8(2)15-11/h4-5H,3,6H2,1-2H3,(H,15,16). The highest BCUT2D eigenvalue weighted by Gasteiger charge is 2.16. The number of aromatic amines is 1. The van der Waals surface area contributed by atoms with E-state index >= 15 is 0 Å². The Labute approximate surface area is 104 Å². The number of nitrogens with one attached hydrogen (secondary N) is 1. The van der Waals surface area contributed by atoms with Crippen molar-refractivity contribution in [2.24, 2.45) is 0 Å². The van der Waals surface area contributed by atoms with E-state index in [0.717, 1.165) is 11.1 Å². The number of hydrogen-bond acceptors (Lipinski definition) is 4. The Balaban J connectivity index is 2.61. The Morgan fingerprint density at radius 1 is 1.56 bits per heavy atom. The number of benzene rings is 1. The third-order valence-corrected chi connectivity index (χ3v) is 2.61. The molecule has 0 fully saturated rings. The highest BCUT2D eigenvalue weighted by molar-refractivity contribution is 6.02. The number of H-pyrrole nitrogens is 1. The van der Waals surface area contributed by atoms with Crippen molar-refractivity contribution < 1.29 is 9.53 Å². The molecule has 0 radical (unpaired) electrons. The van der Waals surface area contributed by atoms with Crippen molar-refractivity contribution in [2.45, 2.75) is 20.3 Å². The number of hydrogen-bond donors (Lipinski definition) is 1. The van der Waals surface area contributed by atoms with Crippen molar-refractivity contribution in [3.05, 3.63) is 29.1 Å². The van der Waals surface area contributed by atoms with E-state index in [4.69, 9.17) is 10.00 Å². The molecule has 1 aromatic carbocycles. The van der Waals surface area contributed by atoms with E-state index in [1.165, 1.54) is 0 Å². The molecule has 0 saturated carbocycles. The monoisotopic (exact) mass is 243 g/mol. The second kappa shape index (κ2) is 4.88. The van der Waals surface area contributed by atoms with Crippen molar-refractivity contribution in [3.63, 3.8) is 0 Å². The second-order valence-electron chi connectivity index (χ2n) is 3.87. The molecule has 1 aromatic heterocycles. The van der Waals surface area contributed by atoms with Crippen LogP contribution in [0.1, 0.15) is 28.7 Å². The second-order valence-corrected chi connectivity index (χ2v) is 3.87. The van der Waals surface area contributed by atoms with Gasteiger partial charge in [-0.3, -0.25) is 0 Å². The summed E-state index contributed by atoms with van der Waals surface area (Å²) in [6, 6.07) is 5.51. The molecule has 0 amide bonds. The zero-order valence-corrected chi connectivity index (χ0v) is 10.3. The lowest BCUT2D eigenvalue weighted by Crippen LogP contribution is -2.06. The van der Waals surface area contributed by atoms with Crippen molar-refractivity contribution in [1.82, 2.24) is 9.97 Å². The van der Waals surface area contributed by atoms with Crippen LogP contribution in [0.5, 0.6) is 0 Å². The largest absolute Gasteiger partial charge is 0.462 e. The molecular formula is C13H13N3O2. The van der Waals surface area contributed by atoms with Gasteiger partial charge in [0, 0.05) is 0 Å². The zero-order chi connectivity index (χ0) is 13.1. The minimum Gasteiger partial charge on any atom is -0.462 e. The van der Waals surface area contributed by atoms with Gasteiger partial charge in [-0.25, -0.2) is 9.78 Å². The lowest BCUT2D eigenvalue weighted by molar-refractivity contribution is 0.0528. The third-order valence-electron chi connectivity index (χ3n) is 2.61. The molecule has 5 nitrogen and oxygen atoms in total. The van der Waals surface area contributed by atoms with Crippen molar-refractivity contribution in [2.75, 3.05) is 6.61 Å². The number of rotatable bonds is 3. The minimum absolute atomic E-state index is 0.279. The van der Waals surface area contributed by atoms with E-state index in [1.54, 1.807) is 19.1 Å². The number of nitriles is 1. The summed E-state index contributed by atoms with van der Waals surface area (Å²) in [5.41, 5.74) is 2.57. The van der Waals surface area contributed by atoms with Crippen LogP contribution in [-0.2, 0) is 11.2 Å². The van der Waals surface area contributed by atoms with Gasteiger partial charge >= 0.3 is 5.97 Å². The van der Waals surface area contributed by atoms with Gasteiger partial charge in [0.25, 0.3) is 0 Å². The topological polar surface area (TPSA) is 78.8 Å². The van der Waals surface area contributed by atoms with E-state index < -0.39 is 5.97 Å². The number of nitrogens with zero attached hydrogens (tertiary/aromatic N) is 2. The third kappa shape index (κ3) is 2.05. The van der Waals surface area contributed by atoms with Crippen molar-refractivity contribution in [3.8, 4) is 6.07 Å². The Kier molecular flexibility index (Phi) is 3.28. The predicted octanol–water partition coefficient (Wildman–Crippen LogP) is 2.11. The van der Waals surface area contributed by atoms with Crippen molar-refractivity contribution >= 4 is 17.0 Å². The first-order chi connectivity index (χ1) is 8.67. The van der Waals surface area contributed by atoms with E-state index in [1.807, 2.05) is 6.92 Å². The summed E-state index contributed by atoms with van der Waals surface area (Å²) in [6.45, 7) is 3.89. The first-order valence-electron chi connectivity index (χ1n) is 5.69. The maximum absolute atomic E-state index is 11.8. The molecule has 18 heavy (non-hydrogen) atoms. The molecule has 92 valence electrons. The number of aryl methyl sites for hydroxylation is 1.